The van der Waals surface area contributed by atoms with E-state index in [4.69, 9.17) is 4.74 Å². The standard InChI is InChI=1S/C18H31NO2/c20-18(15-7-3-1-4-8-15)21-17-11-9-16(10-12-17)19-13-5-2-6-14-19/h15-17H,1-14H2. The molecule has 0 atom stereocenters. The van der Waals surface area contributed by atoms with Crippen molar-refractivity contribution in [3.8, 4) is 0 Å². The number of piperidine rings is 1. The Labute approximate surface area is 129 Å². The number of nitrogens with zero attached hydrogens (tertiary/aromatic N) is 1. The smallest absolute Gasteiger partial charge is 0.309 e. The lowest BCUT2D eigenvalue weighted by molar-refractivity contribution is -0.157. The summed E-state index contributed by atoms with van der Waals surface area (Å²) in [6, 6.07) is 0.759. The van der Waals surface area contributed by atoms with Crippen LogP contribution < -0.4 is 0 Å². The Kier molecular flexibility index (Phi) is 5.56. The molecule has 3 aliphatic rings. The van der Waals surface area contributed by atoms with E-state index in [2.05, 4.69) is 4.90 Å². The molecule has 0 aromatic heterocycles. The molecule has 1 aliphatic heterocycles. The Bertz CT molecular complexity index is 324. The largest absolute Gasteiger partial charge is 0.462 e. The second-order valence-electron chi connectivity index (χ2n) is 7.30. The molecule has 0 amide bonds. The maximum Gasteiger partial charge on any atom is 0.309 e. The first-order valence-corrected chi connectivity index (χ1v) is 9.27. The first-order valence-electron chi connectivity index (χ1n) is 9.27. The van der Waals surface area contributed by atoms with Crippen LogP contribution in [0, 0.1) is 5.92 Å². The number of likely N-dealkylation sites (tertiary alicyclic amines) is 1. The van der Waals surface area contributed by atoms with E-state index in [9.17, 15) is 4.79 Å². The van der Waals surface area contributed by atoms with Gasteiger partial charge in [-0.2, -0.15) is 0 Å². The van der Waals surface area contributed by atoms with Crippen LogP contribution in [0.3, 0.4) is 0 Å². The van der Waals surface area contributed by atoms with Gasteiger partial charge in [0.05, 0.1) is 5.92 Å². The van der Waals surface area contributed by atoms with E-state index in [-0.39, 0.29) is 18.0 Å². The van der Waals surface area contributed by atoms with Crippen LogP contribution in [0.5, 0.6) is 0 Å². The topological polar surface area (TPSA) is 29.5 Å². The molecular formula is C18H31NO2. The predicted molar refractivity (Wildman–Crippen MR) is 84.1 cm³/mol. The minimum absolute atomic E-state index is 0.108. The molecule has 1 heterocycles. The minimum Gasteiger partial charge on any atom is -0.462 e. The van der Waals surface area contributed by atoms with Crippen LogP contribution in [-0.4, -0.2) is 36.1 Å². The summed E-state index contributed by atoms with van der Waals surface area (Å²) in [5.41, 5.74) is 0. The fourth-order valence-electron chi connectivity index (χ4n) is 4.41. The van der Waals surface area contributed by atoms with E-state index >= 15 is 0 Å². The SMILES string of the molecule is O=C(OC1CCC(N2CCCCC2)CC1)C1CCCCC1. The van der Waals surface area contributed by atoms with Gasteiger partial charge in [0.15, 0.2) is 0 Å². The molecule has 3 fully saturated rings. The maximum absolute atomic E-state index is 12.2. The molecule has 0 radical (unpaired) electrons. The van der Waals surface area contributed by atoms with Gasteiger partial charge in [-0.25, -0.2) is 0 Å². The Morgan fingerprint density at radius 2 is 1.38 bits per heavy atom. The highest BCUT2D eigenvalue weighted by Gasteiger charge is 2.30. The van der Waals surface area contributed by atoms with Gasteiger partial charge in [0.2, 0.25) is 0 Å². The van der Waals surface area contributed by atoms with E-state index in [0.29, 0.717) is 0 Å². The highest BCUT2D eigenvalue weighted by molar-refractivity contribution is 5.72. The normalized spacial score (nSPS) is 32.8. The highest BCUT2D eigenvalue weighted by atomic mass is 16.5. The van der Waals surface area contributed by atoms with Gasteiger partial charge in [-0.05, 0) is 64.5 Å². The van der Waals surface area contributed by atoms with Gasteiger partial charge in [-0.15, -0.1) is 0 Å². The van der Waals surface area contributed by atoms with Crippen molar-refractivity contribution >= 4 is 5.97 Å². The van der Waals surface area contributed by atoms with E-state index in [0.717, 1.165) is 31.7 Å². The summed E-state index contributed by atoms with van der Waals surface area (Å²) >= 11 is 0. The van der Waals surface area contributed by atoms with E-state index in [1.54, 1.807) is 0 Å². The Balaban J connectivity index is 1.39. The van der Waals surface area contributed by atoms with Crippen LogP contribution >= 0.6 is 0 Å². The van der Waals surface area contributed by atoms with Crippen molar-refractivity contribution in [1.82, 2.24) is 4.90 Å². The molecule has 0 bridgehead atoms. The molecule has 1 saturated heterocycles. The molecule has 0 spiro atoms. The van der Waals surface area contributed by atoms with Gasteiger partial charge in [0.25, 0.3) is 0 Å². The van der Waals surface area contributed by atoms with Crippen molar-refractivity contribution in [2.75, 3.05) is 13.1 Å². The Morgan fingerprint density at radius 1 is 0.762 bits per heavy atom. The number of hydrogen-bond acceptors (Lipinski definition) is 3. The van der Waals surface area contributed by atoms with Gasteiger partial charge in [-0.3, -0.25) is 4.79 Å². The summed E-state index contributed by atoms with van der Waals surface area (Å²) in [5, 5.41) is 0. The van der Waals surface area contributed by atoms with Crippen molar-refractivity contribution in [2.24, 2.45) is 5.92 Å². The molecule has 0 aromatic carbocycles. The van der Waals surface area contributed by atoms with Crippen molar-refractivity contribution in [2.45, 2.75) is 89.2 Å². The van der Waals surface area contributed by atoms with Gasteiger partial charge in [0.1, 0.15) is 6.10 Å². The maximum atomic E-state index is 12.2. The second kappa shape index (κ2) is 7.62. The average Bonchev–Trinajstić information content (AvgIpc) is 2.57. The Hall–Kier alpha value is -0.570. The number of esters is 1. The molecule has 2 aliphatic carbocycles. The van der Waals surface area contributed by atoms with Gasteiger partial charge >= 0.3 is 5.97 Å². The van der Waals surface area contributed by atoms with Crippen molar-refractivity contribution in [3.05, 3.63) is 0 Å². The quantitative estimate of drug-likeness (QED) is 0.739. The van der Waals surface area contributed by atoms with Crippen molar-refractivity contribution in [1.29, 1.82) is 0 Å². The zero-order valence-corrected chi connectivity index (χ0v) is 13.4. The summed E-state index contributed by atoms with van der Waals surface area (Å²) < 4.78 is 5.81. The number of ether oxygens (including phenoxy) is 1. The fourth-order valence-corrected chi connectivity index (χ4v) is 4.41. The molecule has 0 unspecified atom stereocenters. The lowest BCUT2D eigenvalue weighted by Gasteiger charge is -2.38. The van der Waals surface area contributed by atoms with E-state index < -0.39 is 0 Å². The third-order valence-electron chi connectivity index (χ3n) is 5.77. The van der Waals surface area contributed by atoms with Crippen LogP contribution in [0.4, 0.5) is 0 Å². The third kappa shape index (κ3) is 4.21. The van der Waals surface area contributed by atoms with Crippen LogP contribution in [0.25, 0.3) is 0 Å². The molecule has 120 valence electrons. The lowest BCUT2D eigenvalue weighted by atomic mass is 9.88. The second-order valence-corrected chi connectivity index (χ2v) is 7.30. The molecule has 0 aromatic rings. The predicted octanol–water partition coefficient (Wildman–Crippen LogP) is 3.91. The molecule has 0 N–H and O–H groups in total. The third-order valence-corrected chi connectivity index (χ3v) is 5.77. The van der Waals surface area contributed by atoms with Crippen molar-refractivity contribution in [3.63, 3.8) is 0 Å². The molecule has 3 heteroatoms. The van der Waals surface area contributed by atoms with Gasteiger partial charge < -0.3 is 9.64 Å². The molecule has 2 saturated carbocycles. The molecular weight excluding hydrogens is 262 g/mol. The summed E-state index contributed by atoms with van der Waals surface area (Å²) in [5.74, 6) is 0.315. The zero-order chi connectivity index (χ0) is 14.5. The lowest BCUT2D eigenvalue weighted by Crippen LogP contribution is -2.42. The van der Waals surface area contributed by atoms with Crippen LogP contribution in [-0.2, 0) is 9.53 Å². The monoisotopic (exact) mass is 293 g/mol. The molecule has 3 rings (SSSR count). The summed E-state index contributed by atoms with van der Waals surface area (Å²) in [6.45, 7) is 2.58. The molecule has 21 heavy (non-hydrogen) atoms. The highest BCUT2D eigenvalue weighted by Crippen LogP contribution is 2.30. The summed E-state index contributed by atoms with van der Waals surface area (Å²) in [7, 11) is 0. The van der Waals surface area contributed by atoms with Crippen LogP contribution in [0.2, 0.25) is 0 Å². The number of carbonyl (C=O) groups is 1. The van der Waals surface area contributed by atoms with E-state index in [1.807, 2.05) is 0 Å². The summed E-state index contributed by atoms with van der Waals surface area (Å²) in [4.78, 5) is 14.9. The Morgan fingerprint density at radius 3 is 2.05 bits per heavy atom. The minimum atomic E-state index is 0.108. The molecule has 3 nitrogen and oxygen atoms in total. The number of rotatable bonds is 3. The zero-order valence-electron chi connectivity index (χ0n) is 13.4. The number of hydrogen-bond donors (Lipinski definition) is 0. The first-order chi connectivity index (χ1) is 10.3. The fraction of sp³-hybridized carbons (Fsp3) is 0.944. The average molecular weight is 293 g/mol. The van der Waals surface area contributed by atoms with Crippen LogP contribution in [0.1, 0.15) is 77.0 Å². The van der Waals surface area contributed by atoms with Crippen molar-refractivity contribution < 1.29 is 9.53 Å². The van der Waals surface area contributed by atoms with Gasteiger partial charge in [0, 0.05) is 6.04 Å². The number of carbonyl (C=O) groups excluding carboxylic acids is 1. The first kappa shape index (κ1) is 15.3. The van der Waals surface area contributed by atoms with E-state index in [1.165, 1.54) is 64.5 Å². The summed E-state index contributed by atoms with van der Waals surface area (Å²) in [6.07, 6.45) is 14.8. The van der Waals surface area contributed by atoms with Crippen LogP contribution in [0.15, 0.2) is 0 Å². The van der Waals surface area contributed by atoms with Gasteiger partial charge in [-0.1, -0.05) is 25.7 Å².